The van der Waals surface area contributed by atoms with E-state index in [1.165, 1.54) is 12.1 Å². The Morgan fingerprint density at radius 1 is 1.53 bits per heavy atom. The molecule has 0 radical (unpaired) electrons. The largest absolute Gasteiger partial charge is 0.376 e. The first-order valence-corrected chi connectivity index (χ1v) is 5.67. The molecule has 0 unspecified atom stereocenters. The normalized spacial score (nSPS) is 25.5. The zero-order chi connectivity index (χ0) is 10.1. The van der Waals surface area contributed by atoms with E-state index in [1.807, 2.05) is 4.68 Å². The molecule has 0 aromatic carbocycles. The van der Waals surface area contributed by atoms with Crippen molar-refractivity contribution < 1.29 is 4.74 Å². The molecule has 15 heavy (non-hydrogen) atoms. The van der Waals surface area contributed by atoms with Crippen LogP contribution >= 0.6 is 0 Å². The number of nitrogens with one attached hydrogen (secondary N) is 1. The fraction of sp³-hybridized carbons (Fsp3) is 0.800. The highest BCUT2D eigenvalue weighted by atomic mass is 16.5. The molecule has 1 aromatic heterocycles. The summed E-state index contributed by atoms with van der Waals surface area (Å²) < 4.78 is 7.65. The van der Waals surface area contributed by atoms with Gasteiger partial charge in [0.15, 0.2) is 0 Å². The second-order valence-electron chi connectivity index (χ2n) is 4.23. The standard InChI is InChI=1S/C10H16N4O/c1-2-8(15-5-1)7-14-10-3-4-11-6-9(10)12-13-14/h8,11H,1-7H2/t8-/m0/s1. The van der Waals surface area contributed by atoms with Crippen LogP contribution in [0.15, 0.2) is 0 Å². The summed E-state index contributed by atoms with van der Waals surface area (Å²) in [7, 11) is 0. The molecule has 2 aliphatic heterocycles. The summed E-state index contributed by atoms with van der Waals surface area (Å²) in [5, 5.41) is 11.7. The molecule has 0 spiro atoms. The van der Waals surface area contributed by atoms with E-state index in [4.69, 9.17) is 4.74 Å². The lowest BCUT2D eigenvalue weighted by Crippen LogP contribution is -2.26. The number of aromatic nitrogens is 3. The third kappa shape index (κ3) is 1.77. The van der Waals surface area contributed by atoms with Gasteiger partial charge in [0.2, 0.25) is 0 Å². The molecule has 3 heterocycles. The first-order valence-electron chi connectivity index (χ1n) is 5.67. The van der Waals surface area contributed by atoms with E-state index in [0.29, 0.717) is 6.10 Å². The van der Waals surface area contributed by atoms with Crippen molar-refractivity contribution >= 4 is 0 Å². The van der Waals surface area contributed by atoms with Crippen molar-refractivity contribution in [3.63, 3.8) is 0 Å². The SMILES string of the molecule is C1CO[C@H](Cn2nnc3c2CCNC3)C1. The maximum Gasteiger partial charge on any atom is 0.0997 e. The predicted molar refractivity (Wildman–Crippen MR) is 54.4 cm³/mol. The molecule has 1 atom stereocenters. The number of hydrogen-bond donors (Lipinski definition) is 1. The smallest absolute Gasteiger partial charge is 0.0997 e. The molecule has 5 heteroatoms. The zero-order valence-corrected chi connectivity index (χ0v) is 8.78. The topological polar surface area (TPSA) is 52.0 Å². The fourth-order valence-electron chi connectivity index (χ4n) is 2.32. The van der Waals surface area contributed by atoms with Crippen LogP contribution in [0, 0.1) is 0 Å². The highest BCUT2D eigenvalue weighted by Crippen LogP contribution is 2.16. The van der Waals surface area contributed by atoms with Gasteiger partial charge in [0.1, 0.15) is 0 Å². The van der Waals surface area contributed by atoms with Crippen molar-refractivity contribution in [1.29, 1.82) is 0 Å². The number of hydrogen-bond acceptors (Lipinski definition) is 4. The van der Waals surface area contributed by atoms with Crippen LogP contribution in [-0.4, -0.2) is 34.2 Å². The number of nitrogens with zero attached hydrogens (tertiary/aromatic N) is 3. The summed E-state index contributed by atoms with van der Waals surface area (Å²) in [4.78, 5) is 0. The Morgan fingerprint density at radius 2 is 2.53 bits per heavy atom. The molecule has 0 saturated carbocycles. The average molecular weight is 208 g/mol. The highest BCUT2D eigenvalue weighted by molar-refractivity contribution is 5.13. The van der Waals surface area contributed by atoms with Crippen LogP contribution < -0.4 is 5.32 Å². The summed E-state index contributed by atoms with van der Waals surface area (Å²) in [6, 6.07) is 0. The first kappa shape index (κ1) is 9.30. The van der Waals surface area contributed by atoms with Gasteiger partial charge in [0.05, 0.1) is 24.0 Å². The van der Waals surface area contributed by atoms with E-state index in [0.717, 1.165) is 44.8 Å². The van der Waals surface area contributed by atoms with E-state index >= 15 is 0 Å². The summed E-state index contributed by atoms with van der Waals surface area (Å²) in [6.45, 7) is 3.68. The average Bonchev–Trinajstić information content (AvgIpc) is 2.89. The van der Waals surface area contributed by atoms with Crippen LogP contribution in [0.3, 0.4) is 0 Å². The van der Waals surface area contributed by atoms with Crippen LogP contribution in [0.2, 0.25) is 0 Å². The number of ether oxygens (including phenoxy) is 1. The van der Waals surface area contributed by atoms with Crippen molar-refractivity contribution in [2.45, 2.75) is 38.5 Å². The minimum Gasteiger partial charge on any atom is -0.376 e. The van der Waals surface area contributed by atoms with Crippen LogP contribution in [0.1, 0.15) is 24.2 Å². The lowest BCUT2D eigenvalue weighted by Gasteiger charge is -2.15. The molecule has 3 rings (SSSR count). The van der Waals surface area contributed by atoms with Crippen LogP contribution in [0.5, 0.6) is 0 Å². The molecule has 82 valence electrons. The van der Waals surface area contributed by atoms with Gasteiger partial charge in [-0.15, -0.1) is 5.10 Å². The second-order valence-corrected chi connectivity index (χ2v) is 4.23. The van der Waals surface area contributed by atoms with Gasteiger partial charge in [0, 0.05) is 26.1 Å². The van der Waals surface area contributed by atoms with Gasteiger partial charge in [0.25, 0.3) is 0 Å². The third-order valence-corrected chi connectivity index (χ3v) is 3.15. The minimum absolute atomic E-state index is 0.352. The van der Waals surface area contributed by atoms with Crippen molar-refractivity contribution in [3.05, 3.63) is 11.4 Å². The van der Waals surface area contributed by atoms with Gasteiger partial charge < -0.3 is 10.1 Å². The Balaban J connectivity index is 1.76. The fourth-order valence-corrected chi connectivity index (χ4v) is 2.32. The monoisotopic (exact) mass is 208 g/mol. The van der Waals surface area contributed by atoms with E-state index in [-0.39, 0.29) is 0 Å². The van der Waals surface area contributed by atoms with E-state index < -0.39 is 0 Å². The third-order valence-electron chi connectivity index (χ3n) is 3.15. The van der Waals surface area contributed by atoms with Crippen molar-refractivity contribution in [1.82, 2.24) is 20.3 Å². The quantitative estimate of drug-likeness (QED) is 0.749. The molecule has 2 aliphatic rings. The number of fused-ring (bicyclic) bond motifs is 1. The van der Waals surface area contributed by atoms with Crippen LogP contribution in [-0.2, 0) is 24.2 Å². The molecule has 1 aromatic rings. The summed E-state index contributed by atoms with van der Waals surface area (Å²) in [6.07, 6.45) is 3.73. The molecule has 1 fully saturated rings. The molecule has 0 bridgehead atoms. The molecular formula is C10H16N4O. The van der Waals surface area contributed by atoms with E-state index in [2.05, 4.69) is 15.6 Å². The summed E-state index contributed by atoms with van der Waals surface area (Å²) >= 11 is 0. The molecule has 0 amide bonds. The van der Waals surface area contributed by atoms with Crippen LogP contribution in [0.4, 0.5) is 0 Å². The van der Waals surface area contributed by atoms with Gasteiger partial charge >= 0.3 is 0 Å². The highest BCUT2D eigenvalue weighted by Gasteiger charge is 2.21. The Bertz CT molecular complexity index is 343. The first-order chi connectivity index (χ1) is 7.43. The van der Waals surface area contributed by atoms with Crippen LogP contribution in [0.25, 0.3) is 0 Å². The maximum atomic E-state index is 5.61. The number of rotatable bonds is 2. The maximum absolute atomic E-state index is 5.61. The summed E-state index contributed by atoms with van der Waals surface area (Å²) in [5.74, 6) is 0. The van der Waals surface area contributed by atoms with Gasteiger partial charge in [-0.1, -0.05) is 5.21 Å². The Labute approximate surface area is 88.8 Å². The Kier molecular flexibility index (Phi) is 2.42. The Hall–Kier alpha value is -0.940. The molecule has 0 aliphatic carbocycles. The van der Waals surface area contributed by atoms with Crippen molar-refractivity contribution in [2.24, 2.45) is 0 Å². The van der Waals surface area contributed by atoms with Crippen molar-refractivity contribution in [3.8, 4) is 0 Å². The minimum atomic E-state index is 0.352. The van der Waals surface area contributed by atoms with E-state index in [1.54, 1.807) is 0 Å². The van der Waals surface area contributed by atoms with E-state index in [9.17, 15) is 0 Å². The summed E-state index contributed by atoms with van der Waals surface area (Å²) in [5.41, 5.74) is 2.41. The van der Waals surface area contributed by atoms with Gasteiger partial charge in [-0.2, -0.15) is 0 Å². The molecule has 1 saturated heterocycles. The second kappa shape index (κ2) is 3.90. The molecular weight excluding hydrogens is 192 g/mol. The Morgan fingerprint density at radius 3 is 3.40 bits per heavy atom. The molecule has 1 N–H and O–H groups in total. The van der Waals surface area contributed by atoms with Crippen molar-refractivity contribution in [2.75, 3.05) is 13.2 Å². The molecule has 5 nitrogen and oxygen atoms in total. The zero-order valence-electron chi connectivity index (χ0n) is 8.78. The van der Waals surface area contributed by atoms with Gasteiger partial charge in [-0.05, 0) is 12.8 Å². The van der Waals surface area contributed by atoms with Gasteiger partial charge in [-0.3, -0.25) is 0 Å². The predicted octanol–water partition coefficient (Wildman–Crippen LogP) is 0.103. The van der Waals surface area contributed by atoms with Gasteiger partial charge in [-0.25, -0.2) is 4.68 Å². The lowest BCUT2D eigenvalue weighted by molar-refractivity contribution is 0.0926. The lowest BCUT2D eigenvalue weighted by atomic mass is 10.1.